The molecule has 2 rings (SSSR count). The Morgan fingerprint density at radius 2 is 1.65 bits per heavy atom. The van der Waals surface area contributed by atoms with Crippen LogP contribution < -0.4 is 0 Å². The summed E-state index contributed by atoms with van der Waals surface area (Å²) in [6.07, 6.45) is 2.15. The summed E-state index contributed by atoms with van der Waals surface area (Å²) in [5, 5.41) is 0. The molecule has 0 aliphatic heterocycles. The zero-order valence-corrected chi connectivity index (χ0v) is 12.0. The molecular formula is C15H13BrS. The molecule has 0 heterocycles. The van der Waals surface area contributed by atoms with E-state index in [0.717, 1.165) is 4.47 Å². The number of hydrogen-bond donors (Lipinski definition) is 0. The van der Waals surface area contributed by atoms with Crippen LogP contribution in [0.1, 0.15) is 12.5 Å². The third-order valence-electron chi connectivity index (χ3n) is 2.36. The van der Waals surface area contributed by atoms with Crippen LogP contribution in [0, 0.1) is 0 Å². The van der Waals surface area contributed by atoms with Gasteiger partial charge in [0.2, 0.25) is 0 Å². The van der Waals surface area contributed by atoms with Gasteiger partial charge in [-0.15, -0.1) is 0 Å². The Morgan fingerprint density at radius 1 is 1.00 bits per heavy atom. The molecule has 0 amide bonds. The first-order valence-electron chi connectivity index (χ1n) is 5.45. The fourth-order valence-corrected chi connectivity index (χ4v) is 2.68. The molecular weight excluding hydrogens is 292 g/mol. The van der Waals surface area contributed by atoms with Crippen LogP contribution in [0.25, 0.3) is 4.91 Å². The summed E-state index contributed by atoms with van der Waals surface area (Å²) in [6, 6.07) is 18.9. The van der Waals surface area contributed by atoms with E-state index in [9.17, 15) is 0 Å². The van der Waals surface area contributed by atoms with Crippen molar-refractivity contribution in [3.8, 4) is 0 Å². The second kappa shape index (κ2) is 6.08. The molecule has 0 aromatic heterocycles. The molecule has 17 heavy (non-hydrogen) atoms. The number of rotatable bonds is 3. The van der Waals surface area contributed by atoms with E-state index in [2.05, 4.69) is 77.5 Å². The van der Waals surface area contributed by atoms with Crippen LogP contribution in [-0.2, 0) is 0 Å². The summed E-state index contributed by atoms with van der Waals surface area (Å²) in [7, 11) is 0. The molecule has 0 aliphatic rings. The van der Waals surface area contributed by atoms with Crippen LogP contribution in [0.2, 0.25) is 0 Å². The minimum absolute atomic E-state index is 1.11. The minimum atomic E-state index is 1.11. The van der Waals surface area contributed by atoms with E-state index in [0.29, 0.717) is 0 Å². The van der Waals surface area contributed by atoms with Gasteiger partial charge in [0.1, 0.15) is 0 Å². The Morgan fingerprint density at radius 3 is 2.24 bits per heavy atom. The Hall–Kier alpha value is -0.990. The SMILES string of the molecule is C/C=C(\Sc1ccc(Br)cc1)c1ccccc1. The molecule has 2 aromatic rings. The molecule has 0 aliphatic carbocycles. The summed E-state index contributed by atoms with van der Waals surface area (Å²) in [4.78, 5) is 2.54. The molecule has 0 spiro atoms. The number of hydrogen-bond acceptors (Lipinski definition) is 1. The van der Waals surface area contributed by atoms with Crippen molar-refractivity contribution >= 4 is 32.6 Å². The minimum Gasteiger partial charge on any atom is -0.0898 e. The predicted molar refractivity (Wildman–Crippen MR) is 80.1 cm³/mol. The van der Waals surface area contributed by atoms with Gasteiger partial charge in [0.05, 0.1) is 0 Å². The molecule has 0 saturated heterocycles. The quantitative estimate of drug-likeness (QED) is 0.665. The highest BCUT2D eigenvalue weighted by atomic mass is 79.9. The molecule has 0 fully saturated rings. The Kier molecular flexibility index (Phi) is 4.46. The molecule has 2 heteroatoms. The average molecular weight is 305 g/mol. The first kappa shape index (κ1) is 12.5. The van der Waals surface area contributed by atoms with Gasteiger partial charge in [0.15, 0.2) is 0 Å². The van der Waals surface area contributed by atoms with Crippen molar-refractivity contribution in [2.45, 2.75) is 11.8 Å². The topological polar surface area (TPSA) is 0 Å². The normalized spacial score (nSPS) is 11.5. The van der Waals surface area contributed by atoms with Crippen LogP contribution in [0.3, 0.4) is 0 Å². The van der Waals surface area contributed by atoms with E-state index in [1.54, 1.807) is 11.8 Å². The molecule has 0 bridgehead atoms. The van der Waals surface area contributed by atoms with Gasteiger partial charge in [-0.1, -0.05) is 64.1 Å². The lowest BCUT2D eigenvalue weighted by Gasteiger charge is -2.07. The van der Waals surface area contributed by atoms with Gasteiger partial charge in [-0.05, 0) is 36.8 Å². The van der Waals surface area contributed by atoms with Crippen molar-refractivity contribution in [1.82, 2.24) is 0 Å². The van der Waals surface area contributed by atoms with E-state index in [1.165, 1.54) is 15.4 Å². The summed E-state index contributed by atoms with van der Waals surface area (Å²) < 4.78 is 1.11. The monoisotopic (exact) mass is 304 g/mol. The van der Waals surface area contributed by atoms with Crippen molar-refractivity contribution in [3.05, 3.63) is 70.7 Å². The predicted octanol–water partition coefficient (Wildman–Crippen LogP) is 5.60. The lowest BCUT2D eigenvalue weighted by molar-refractivity contribution is 1.45. The third kappa shape index (κ3) is 3.48. The maximum absolute atomic E-state index is 3.45. The summed E-state index contributed by atoms with van der Waals surface area (Å²) in [6.45, 7) is 2.08. The smallest absolute Gasteiger partial charge is 0.0176 e. The van der Waals surface area contributed by atoms with Crippen molar-refractivity contribution < 1.29 is 0 Å². The lowest BCUT2D eigenvalue weighted by Crippen LogP contribution is -1.79. The van der Waals surface area contributed by atoms with Crippen LogP contribution in [0.15, 0.2) is 70.0 Å². The first-order valence-corrected chi connectivity index (χ1v) is 7.05. The van der Waals surface area contributed by atoms with Crippen LogP contribution in [-0.4, -0.2) is 0 Å². The molecule has 0 unspecified atom stereocenters. The van der Waals surface area contributed by atoms with Crippen molar-refractivity contribution in [3.63, 3.8) is 0 Å². The van der Waals surface area contributed by atoms with Crippen molar-refractivity contribution in [1.29, 1.82) is 0 Å². The Bertz CT molecular complexity index is 500. The van der Waals surface area contributed by atoms with Crippen molar-refractivity contribution in [2.75, 3.05) is 0 Å². The van der Waals surface area contributed by atoms with Gasteiger partial charge in [-0.25, -0.2) is 0 Å². The largest absolute Gasteiger partial charge is 0.0898 e. The lowest BCUT2D eigenvalue weighted by atomic mass is 10.2. The van der Waals surface area contributed by atoms with Gasteiger partial charge >= 0.3 is 0 Å². The second-order valence-corrected chi connectivity index (χ2v) is 5.61. The van der Waals surface area contributed by atoms with Gasteiger partial charge in [0.25, 0.3) is 0 Å². The molecule has 0 N–H and O–H groups in total. The van der Waals surface area contributed by atoms with Crippen LogP contribution in [0.5, 0.6) is 0 Å². The van der Waals surface area contributed by atoms with E-state index in [1.807, 2.05) is 6.07 Å². The van der Waals surface area contributed by atoms with Gasteiger partial charge in [0, 0.05) is 14.3 Å². The number of halogens is 1. The van der Waals surface area contributed by atoms with Gasteiger partial charge in [-0.3, -0.25) is 0 Å². The summed E-state index contributed by atoms with van der Waals surface area (Å²) >= 11 is 5.24. The zero-order valence-electron chi connectivity index (χ0n) is 9.56. The maximum Gasteiger partial charge on any atom is 0.0176 e. The standard InChI is InChI=1S/C15H13BrS/c1-2-15(12-6-4-3-5-7-12)17-14-10-8-13(16)9-11-14/h2-11H,1H3/b15-2-. The van der Waals surface area contributed by atoms with Crippen LogP contribution >= 0.6 is 27.7 Å². The van der Waals surface area contributed by atoms with E-state index in [4.69, 9.17) is 0 Å². The summed E-state index contributed by atoms with van der Waals surface area (Å²) in [5.41, 5.74) is 1.27. The number of allylic oxidation sites excluding steroid dienone is 1. The zero-order chi connectivity index (χ0) is 12.1. The fraction of sp³-hybridized carbons (Fsp3) is 0.0667. The Balaban J connectivity index is 2.19. The molecule has 2 aromatic carbocycles. The first-order chi connectivity index (χ1) is 8.29. The van der Waals surface area contributed by atoms with Gasteiger partial charge < -0.3 is 0 Å². The third-order valence-corrected chi connectivity index (χ3v) is 4.09. The molecule has 0 nitrogen and oxygen atoms in total. The highest BCUT2D eigenvalue weighted by molar-refractivity contribution is 9.10. The molecule has 0 saturated carbocycles. The summed E-state index contributed by atoms with van der Waals surface area (Å²) in [5.74, 6) is 0. The van der Waals surface area contributed by atoms with E-state index in [-0.39, 0.29) is 0 Å². The van der Waals surface area contributed by atoms with Crippen LogP contribution in [0.4, 0.5) is 0 Å². The average Bonchev–Trinajstić information content (AvgIpc) is 2.39. The highest BCUT2D eigenvalue weighted by Crippen LogP contribution is 2.34. The fourth-order valence-electron chi connectivity index (χ4n) is 1.52. The molecule has 0 radical (unpaired) electrons. The number of thioether (sulfide) groups is 1. The maximum atomic E-state index is 3.45. The van der Waals surface area contributed by atoms with Crippen molar-refractivity contribution in [2.24, 2.45) is 0 Å². The van der Waals surface area contributed by atoms with E-state index < -0.39 is 0 Å². The Labute approximate surface area is 115 Å². The molecule has 0 atom stereocenters. The second-order valence-electron chi connectivity index (χ2n) is 3.57. The van der Waals surface area contributed by atoms with E-state index >= 15 is 0 Å². The highest BCUT2D eigenvalue weighted by Gasteiger charge is 2.02. The molecule has 86 valence electrons. The van der Waals surface area contributed by atoms with Gasteiger partial charge in [-0.2, -0.15) is 0 Å². The number of benzene rings is 2.